The van der Waals surface area contributed by atoms with Crippen LogP contribution < -0.4 is 22.4 Å². The lowest BCUT2D eigenvalue weighted by Crippen LogP contribution is -2.25. The van der Waals surface area contributed by atoms with Gasteiger partial charge in [-0.05, 0) is 69.5 Å². The lowest BCUT2D eigenvalue weighted by Gasteiger charge is -2.18. The minimum atomic E-state index is -0.307. The normalized spacial score (nSPS) is 16.1. The molecule has 0 radical (unpaired) electrons. The zero-order valence-electron chi connectivity index (χ0n) is 21.9. The van der Waals surface area contributed by atoms with Crippen LogP contribution >= 0.6 is 0 Å². The number of allylic oxidation sites excluding steroid dienone is 2. The summed E-state index contributed by atoms with van der Waals surface area (Å²) in [5.41, 5.74) is 11.5. The minimum Gasteiger partial charge on any atom is -0.399 e. The summed E-state index contributed by atoms with van der Waals surface area (Å²) in [6.45, 7) is 3.56. The first-order valence-corrected chi connectivity index (χ1v) is 12.9. The molecule has 39 heavy (non-hydrogen) atoms. The van der Waals surface area contributed by atoms with E-state index in [9.17, 15) is 24.0 Å². The van der Waals surface area contributed by atoms with Crippen LogP contribution in [-0.2, 0) is 14.4 Å². The number of aromatic nitrogens is 4. The van der Waals surface area contributed by atoms with Crippen LogP contribution in [0, 0.1) is 5.92 Å². The molecule has 2 aliphatic carbocycles. The number of hydrogen-bond donors (Lipinski definition) is 6. The Hall–Kier alpha value is -4.67. The third-order valence-electron chi connectivity index (χ3n) is 6.87. The van der Waals surface area contributed by atoms with Gasteiger partial charge in [-0.15, -0.1) is 0 Å². The number of ketones is 3. The van der Waals surface area contributed by atoms with Crippen molar-refractivity contribution in [3.63, 3.8) is 0 Å². The monoisotopic (exact) mass is 532 g/mol. The minimum absolute atomic E-state index is 0.117. The van der Waals surface area contributed by atoms with Crippen LogP contribution in [0.1, 0.15) is 52.4 Å². The van der Waals surface area contributed by atoms with E-state index < -0.39 is 0 Å². The molecule has 0 bridgehead atoms. The van der Waals surface area contributed by atoms with Gasteiger partial charge >= 0.3 is 11.4 Å². The topological polar surface area (TPSA) is 187 Å². The summed E-state index contributed by atoms with van der Waals surface area (Å²) in [6, 6.07) is 10.8. The van der Waals surface area contributed by atoms with E-state index in [2.05, 4.69) is 25.3 Å². The van der Waals surface area contributed by atoms with Gasteiger partial charge in [-0.1, -0.05) is 0 Å². The van der Waals surface area contributed by atoms with E-state index in [4.69, 9.17) is 5.73 Å². The maximum Gasteiger partial charge on any atom is 0.323 e. The fraction of sp³-hybridized carbons (Fsp3) is 0.321. The van der Waals surface area contributed by atoms with Crippen LogP contribution in [0.5, 0.6) is 0 Å². The molecule has 0 spiro atoms. The van der Waals surface area contributed by atoms with E-state index in [0.717, 1.165) is 58.3 Å². The molecule has 204 valence electrons. The highest BCUT2D eigenvalue weighted by Gasteiger charge is 2.24. The summed E-state index contributed by atoms with van der Waals surface area (Å²) in [4.78, 5) is 65.8. The van der Waals surface area contributed by atoms with E-state index in [1.54, 1.807) is 25.1 Å². The number of nitrogens with two attached hydrogens (primary N) is 1. The second kappa shape index (κ2) is 11.8. The predicted molar refractivity (Wildman–Crippen MR) is 150 cm³/mol. The molecule has 6 rings (SSSR count). The highest BCUT2D eigenvalue weighted by Crippen LogP contribution is 2.24. The fourth-order valence-corrected chi connectivity index (χ4v) is 4.51. The lowest BCUT2D eigenvalue weighted by atomic mass is 9.88. The molecule has 4 aromatic rings. The number of fused-ring (bicyclic) bond motifs is 2. The number of carbonyl (C=O) groups is 3. The first kappa shape index (κ1) is 27.4. The Kier molecular flexibility index (Phi) is 8.28. The van der Waals surface area contributed by atoms with Crippen molar-refractivity contribution < 1.29 is 14.4 Å². The summed E-state index contributed by atoms with van der Waals surface area (Å²) >= 11 is 0. The Morgan fingerprint density at radius 1 is 0.718 bits per heavy atom. The zero-order valence-corrected chi connectivity index (χ0v) is 21.9. The molecule has 7 N–H and O–H groups in total. The SMILES string of the molecule is CC1=C(Nc2ccc3[nH]c(=O)[nH]c3c2)CCCC1=O.CC1C(=O)CCCC1=O.Nc1ccc2[nH]c(=O)[nH]c2c1. The predicted octanol–water partition coefficient (Wildman–Crippen LogP) is 3.68. The Balaban J connectivity index is 0.000000149. The van der Waals surface area contributed by atoms with Gasteiger partial charge in [0.05, 0.1) is 28.0 Å². The number of rotatable bonds is 2. The van der Waals surface area contributed by atoms with Crippen molar-refractivity contribution >= 4 is 50.8 Å². The van der Waals surface area contributed by atoms with E-state index in [1.807, 2.05) is 25.1 Å². The van der Waals surface area contributed by atoms with Gasteiger partial charge < -0.3 is 31.0 Å². The van der Waals surface area contributed by atoms with Crippen molar-refractivity contribution in [2.24, 2.45) is 5.92 Å². The number of carbonyl (C=O) groups excluding carboxylic acids is 3. The van der Waals surface area contributed by atoms with Crippen molar-refractivity contribution in [2.45, 2.75) is 52.4 Å². The van der Waals surface area contributed by atoms with Gasteiger partial charge in [0.2, 0.25) is 0 Å². The first-order chi connectivity index (χ1) is 18.6. The van der Waals surface area contributed by atoms with E-state index in [-0.39, 0.29) is 34.6 Å². The molecule has 2 heterocycles. The van der Waals surface area contributed by atoms with Gasteiger partial charge in [-0.2, -0.15) is 0 Å². The summed E-state index contributed by atoms with van der Waals surface area (Å²) in [5.74, 6) is 0.140. The molecule has 2 aliphatic rings. The number of imidazole rings is 2. The Morgan fingerprint density at radius 2 is 1.26 bits per heavy atom. The molecular weight excluding hydrogens is 500 g/mol. The molecule has 11 nitrogen and oxygen atoms in total. The average Bonchev–Trinajstić information content (AvgIpc) is 3.45. The van der Waals surface area contributed by atoms with Crippen molar-refractivity contribution in [1.29, 1.82) is 0 Å². The van der Waals surface area contributed by atoms with Crippen LogP contribution in [-0.4, -0.2) is 37.3 Å². The van der Waals surface area contributed by atoms with Crippen LogP contribution in [0.25, 0.3) is 22.1 Å². The van der Waals surface area contributed by atoms with Crippen LogP contribution in [0.4, 0.5) is 11.4 Å². The Labute approximate surface area is 223 Å². The smallest absolute Gasteiger partial charge is 0.323 e. The number of nitrogen functional groups attached to an aromatic ring is 1. The van der Waals surface area contributed by atoms with Crippen molar-refractivity contribution in [3.8, 4) is 0 Å². The van der Waals surface area contributed by atoms with Gasteiger partial charge in [0.25, 0.3) is 0 Å². The number of Topliss-reactive ketones (excluding diaryl/α,β-unsaturated/α-hetero) is 3. The number of benzene rings is 2. The molecule has 0 amide bonds. The van der Waals surface area contributed by atoms with Gasteiger partial charge in [0.1, 0.15) is 11.6 Å². The largest absolute Gasteiger partial charge is 0.399 e. The second-order valence-corrected chi connectivity index (χ2v) is 9.74. The molecule has 1 saturated carbocycles. The second-order valence-electron chi connectivity index (χ2n) is 9.74. The third kappa shape index (κ3) is 6.81. The molecule has 0 unspecified atom stereocenters. The zero-order chi connectivity index (χ0) is 28.1. The van der Waals surface area contributed by atoms with E-state index >= 15 is 0 Å². The van der Waals surface area contributed by atoms with Crippen molar-refractivity contribution in [2.75, 3.05) is 11.1 Å². The van der Waals surface area contributed by atoms with Gasteiger partial charge in [-0.25, -0.2) is 9.59 Å². The maximum atomic E-state index is 11.7. The molecule has 2 aromatic heterocycles. The number of aromatic amines is 4. The van der Waals surface area contributed by atoms with Crippen molar-refractivity contribution in [3.05, 3.63) is 68.6 Å². The molecule has 0 atom stereocenters. The summed E-state index contributed by atoms with van der Waals surface area (Å²) < 4.78 is 0. The third-order valence-corrected chi connectivity index (χ3v) is 6.87. The molecule has 11 heteroatoms. The molecule has 0 aliphatic heterocycles. The molecular formula is C28H32N6O5. The summed E-state index contributed by atoms with van der Waals surface area (Å²) in [5, 5.41) is 3.29. The van der Waals surface area contributed by atoms with Crippen LogP contribution in [0.2, 0.25) is 0 Å². The quantitative estimate of drug-likeness (QED) is 0.168. The Morgan fingerprint density at radius 3 is 1.87 bits per heavy atom. The Bertz CT molecular complexity index is 1670. The van der Waals surface area contributed by atoms with Crippen molar-refractivity contribution in [1.82, 2.24) is 19.9 Å². The lowest BCUT2D eigenvalue weighted by molar-refractivity contribution is -0.134. The van der Waals surface area contributed by atoms with Gasteiger partial charge in [-0.3, -0.25) is 14.4 Å². The number of nitrogens with one attached hydrogen (secondary N) is 5. The van der Waals surface area contributed by atoms with Gasteiger partial charge in [0.15, 0.2) is 5.78 Å². The molecule has 0 saturated heterocycles. The number of hydrogen-bond acceptors (Lipinski definition) is 7. The van der Waals surface area contributed by atoms with Gasteiger partial charge in [0, 0.05) is 41.9 Å². The van der Waals surface area contributed by atoms with Crippen LogP contribution in [0.3, 0.4) is 0 Å². The summed E-state index contributed by atoms with van der Waals surface area (Å²) in [7, 11) is 0. The number of anilines is 2. The van der Waals surface area contributed by atoms with Crippen LogP contribution in [0.15, 0.2) is 57.3 Å². The first-order valence-electron chi connectivity index (χ1n) is 12.9. The summed E-state index contributed by atoms with van der Waals surface area (Å²) in [6.07, 6.45) is 4.39. The highest BCUT2D eigenvalue weighted by atomic mass is 16.2. The number of H-pyrrole nitrogens is 4. The van der Waals surface area contributed by atoms with E-state index in [0.29, 0.717) is 24.9 Å². The molecule has 1 fully saturated rings. The molecule has 2 aromatic carbocycles. The maximum absolute atomic E-state index is 11.7. The average molecular weight is 533 g/mol. The van der Waals surface area contributed by atoms with E-state index in [1.165, 1.54) is 0 Å². The fourth-order valence-electron chi connectivity index (χ4n) is 4.51. The standard InChI is InChI=1S/C14H15N3O2.C7H7N3O.C7H10O2/c1-8-10(3-2-4-13(8)18)15-9-5-6-11-12(7-9)17-14(19)16-11;8-4-1-2-5-6(3-4)10-7(11)9-5;1-5-6(8)3-2-4-7(5)9/h5-7,15H,2-4H2,1H3,(H2,16,17,19);1-3H,8H2,(H2,9,10,11);5H,2-4H2,1H3. The highest BCUT2D eigenvalue weighted by molar-refractivity contribution is 6.03.